The molecule has 7 heteroatoms. The summed E-state index contributed by atoms with van der Waals surface area (Å²) in [5.74, 6) is 0.702. The molecule has 1 saturated heterocycles. The molecule has 2 aliphatic rings. The molecule has 0 saturated carbocycles. The number of carbonyl (C=O) groups excluding carboxylic acids is 2. The van der Waals surface area contributed by atoms with E-state index in [2.05, 4.69) is 10.3 Å². The Bertz CT molecular complexity index is 604. The fraction of sp³-hybridized carbons (Fsp3) is 0.688. The number of nitrogens with zero attached hydrogens (tertiary/aromatic N) is 3. The average Bonchev–Trinajstić information content (AvgIpc) is 3.16. The van der Waals surface area contributed by atoms with Gasteiger partial charge in [-0.2, -0.15) is 0 Å². The normalized spacial score (nSPS) is 23.9. The van der Waals surface area contributed by atoms with Crippen LogP contribution in [0, 0.1) is 5.92 Å². The first kappa shape index (κ1) is 16.0. The van der Waals surface area contributed by atoms with Crippen LogP contribution in [0.2, 0.25) is 0 Å². The van der Waals surface area contributed by atoms with Crippen LogP contribution in [0.5, 0.6) is 0 Å². The smallest absolute Gasteiger partial charge is 0.271 e. The summed E-state index contributed by atoms with van der Waals surface area (Å²) < 4.78 is 7.31. The summed E-state index contributed by atoms with van der Waals surface area (Å²) in [6.45, 7) is 8.29. The van der Waals surface area contributed by atoms with E-state index >= 15 is 0 Å². The van der Waals surface area contributed by atoms with Crippen LogP contribution in [0.15, 0.2) is 6.20 Å². The van der Waals surface area contributed by atoms with Crippen molar-refractivity contribution >= 4 is 11.8 Å². The van der Waals surface area contributed by atoms with Crippen LogP contribution in [0.25, 0.3) is 0 Å². The maximum atomic E-state index is 12.6. The zero-order valence-electron chi connectivity index (χ0n) is 13.9. The number of aromatic nitrogens is 2. The van der Waals surface area contributed by atoms with E-state index in [1.54, 1.807) is 6.20 Å². The number of hydrogen-bond acceptors (Lipinski definition) is 4. The molecule has 1 aromatic rings. The molecule has 2 amide bonds. The van der Waals surface area contributed by atoms with Crippen molar-refractivity contribution in [3.05, 3.63) is 17.7 Å². The van der Waals surface area contributed by atoms with Crippen LogP contribution >= 0.6 is 0 Å². The Morgan fingerprint density at radius 2 is 2.17 bits per heavy atom. The fourth-order valence-electron chi connectivity index (χ4n) is 3.20. The van der Waals surface area contributed by atoms with Gasteiger partial charge in [0.05, 0.1) is 18.6 Å². The highest BCUT2D eigenvalue weighted by Gasteiger charge is 2.35. The summed E-state index contributed by atoms with van der Waals surface area (Å²) in [7, 11) is 0. The number of nitrogens with one attached hydrogen (secondary N) is 1. The molecule has 2 aliphatic heterocycles. The Balaban J connectivity index is 1.77. The van der Waals surface area contributed by atoms with E-state index < -0.39 is 0 Å². The minimum absolute atomic E-state index is 0.0392. The zero-order valence-corrected chi connectivity index (χ0v) is 13.9. The van der Waals surface area contributed by atoms with Crippen LogP contribution < -0.4 is 5.32 Å². The van der Waals surface area contributed by atoms with Crippen LogP contribution in [-0.2, 0) is 16.1 Å². The van der Waals surface area contributed by atoms with Gasteiger partial charge in [-0.25, -0.2) is 4.98 Å². The number of rotatable bonds is 3. The Labute approximate surface area is 136 Å². The number of hydrogen-bond donors (Lipinski definition) is 1. The van der Waals surface area contributed by atoms with Gasteiger partial charge in [-0.15, -0.1) is 0 Å². The van der Waals surface area contributed by atoms with Crippen LogP contribution in [-0.4, -0.2) is 52.1 Å². The molecule has 3 rings (SSSR count). The number of carbonyl (C=O) groups is 2. The summed E-state index contributed by atoms with van der Waals surface area (Å²) in [6, 6.07) is -0.0588. The molecule has 0 aliphatic carbocycles. The maximum absolute atomic E-state index is 12.6. The number of ether oxygens (including phenoxy) is 1. The first-order chi connectivity index (χ1) is 11.0. The van der Waals surface area contributed by atoms with E-state index in [0.717, 1.165) is 12.2 Å². The summed E-state index contributed by atoms with van der Waals surface area (Å²) in [6.07, 6.45) is 2.57. The standard InChI is InChI=1S/C16H24N4O3/c1-10(2)17-15(21)13-8-19-5-6-20(11(3)14(19)18-13)16(22)12-4-7-23-9-12/h8,10-12H,4-7,9H2,1-3H3,(H,17,21)/t11-,12-/m0/s1. The first-order valence-corrected chi connectivity index (χ1v) is 8.23. The third-order valence-corrected chi connectivity index (χ3v) is 4.44. The molecule has 0 spiro atoms. The van der Waals surface area contributed by atoms with Gasteiger partial charge < -0.3 is 19.5 Å². The first-order valence-electron chi connectivity index (χ1n) is 8.23. The minimum atomic E-state index is -0.170. The molecule has 0 unspecified atom stereocenters. The lowest BCUT2D eigenvalue weighted by Crippen LogP contribution is -2.44. The monoisotopic (exact) mass is 320 g/mol. The van der Waals surface area contributed by atoms with E-state index in [-0.39, 0.29) is 29.8 Å². The van der Waals surface area contributed by atoms with Crippen molar-refractivity contribution in [1.82, 2.24) is 19.8 Å². The highest BCUT2D eigenvalue weighted by Crippen LogP contribution is 2.28. The second-order valence-electron chi connectivity index (χ2n) is 6.57. The van der Waals surface area contributed by atoms with Crippen molar-refractivity contribution in [2.24, 2.45) is 5.92 Å². The van der Waals surface area contributed by atoms with Crippen molar-refractivity contribution in [3.63, 3.8) is 0 Å². The van der Waals surface area contributed by atoms with Gasteiger partial charge in [0.1, 0.15) is 11.5 Å². The molecule has 126 valence electrons. The molecule has 7 nitrogen and oxygen atoms in total. The third kappa shape index (κ3) is 3.10. The largest absolute Gasteiger partial charge is 0.381 e. The van der Waals surface area contributed by atoms with Gasteiger partial charge in [0.2, 0.25) is 5.91 Å². The van der Waals surface area contributed by atoms with Crippen molar-refractivity contribution in [2.45, 2.75) is 45.8 Å². The van der Waals surface area contributed by atoms with E-state index in [1.165, 1.54) is 0 Å². The molecule has 1 aromatic heterocycles. The molecule has 2 atom stereocenters. The molecular weight excluding hydrogens is 296 g/mol. The fourth-order valence-corrected chi connectivity index (χ4v) is 3.20. The lowest BCUT2D eigenvalue weighted by atomic mass is 10.1. The second kappa shape index (κ2) is 6.31. The van der Waals surface area contributed by atoms with E-state index in [9.17, 15) is 9.59 Å². The number of fused-ring (bicyclic) bond motifs is 1. The summed E-state index contributed by atoms with van der Waals surface area (Å²) in [5, 5.41) is 2.85. The molecule has 0 radical (unpaired) electrons. The zero-order chi connectivity index (χ0) is 16.6. The average molecular weight is 320 g/mol. The van der Waals surface area contributed by atoms with Gasteiger partial charge >= 0.3 is 0 Å². The molecule has 1 N–H and O–H groups in total. The molecule has 0 aromatic carbocycles. The highest BCUT2D eigenvalue weighted by molar-refractivity contribution is 5.92. The quantitative estimate of drug-likeness (QED) is 0.900. The molecule has 0 bridgehead atoms. The van der Waals surface area contributed by atoms with Crippen LogP contribution in [0.1, 0.15) is 49.5 Å². The van der Waals surface area contributed by atoms with Crippen molar-refractivity contribution in [2.75, 3.05) is 19.8 Å². The van der Waals surface area contributed by atoms with Crippen molar-refractivity contribution in [3.8, 4) is 0 Å². The summed E-state index contributed by atoms with van der Waals surface area (Å²) in [5.41, 5.74) is 0.416. The van der Waals surface area contributed by atoms with Gasteiger partial charge in [0, 0.05) is 31.9 Å². The van der Waals surface area contributed by atoms with Crippen molar-refractivity contribution < 1.29 is 14.3 Å². The number of imidazole rings is 1. The minimum Gasteiger partial charge on any atom is -0.381 e. The lowest BCUT2D eigenvalue weighted by molar-refractivity contribution is -0.138. The van der Waals surface area contributed by atoms with Gasteiger partial charge in [-0.1, -0.05) is 0 Å². The van der Waals surface area contributed by atoms with E-state index in [1.807, 2.05) is 30.2 Å². The van der Waals surface area contributed by atoms with Gasteiger partial charge in [-0.05, 0) is 27.2 Å². The molecule has 1 fully saturated rings. The Morgan fingerprint density at radius 1 is 1.39 bits per heavy atom. The van der Waals surface area contributed by atoms with Crippen LogP contribution in [0.3, 0.4) is 0 Å². The maximum Gasteiger partial charge on any atom is 0.271 e. The predicted octanol–water partition coefficient (Wildman–Crippen LogP) is 0.961. The van der Waals surface area contributed by atoms with Crippen LogP contribution in [0.4, 0.5) is 0 Å². The number of amides is 2. The predicted molar refractivity (Wildman–Crippen MR) is 83.9 cm³/mol. The van der Waals surface area contributed by atoms with Gasteiger partial charge in [0.25, 0.3) is 5.91 Å². The summed E-state index contributed by atoms with van der Waals surface area (Å²) >= 11 is 0. The Hall–Kier alpha value is -1.89. The van der Waals surface area contributed by atoms with Gasteiger partial charge in [0.15, 0.2) is 0 Å². The van der Waals surface area contributed by atoms with E-state index in [0.29, 0.717) is 32.0 Å². The molecular formula is C16H24N4O3. The van der Waals surface area contributed by atoms with Gasteiger partial charge in [-0.3, -0.25) is 9.59 Å². The third-order valence-electron chi connectivity index (χ3n) is 4.44. The molecule has 23 heavy (non-hydrogen) atoms. The highest BCUT2D eigenvalue weighted by atomic mass is 16.5. The lowest BCUT2D eigenvalue weighted by Gasteiger charge is -2.35. The Morgan fingerprint density at radius 3 is 2.83 bits per heavy atom. The Kier molecular flexibility index (Phi) is 4.39. The van der Waals surface area contributed by atoms with Crippen molar-refractivity contribution in [1.29, 1.82) is 0 Å². The topological polar surface area (TPSA) is 76.5 Å². The molecule has 3 heterocycles. The van der Waals surface area contributed by atoms with E-state index in [4.69, 9.17) is 4.74 Å². The second-order valence-corrected chi connectivity index (χ2v) is 6.57. The summed E-state index contributed by atoms with van der Waals surface area (Å²) in [4.78, 5) is 31.1. The SMILES string of the molecule is CC(C)NC(=O)c1cn2c(n1)[C@H](C)N(C(=O)[C@H]1CCOC1)CC2.